The summed E-state index contributed by atoms with van der Waals surface area (Å²) in [4.78, 5) is 7.66. The molecule has 10 aromatic rings. The van der Waals surface area contributed by atoms with Gasteiger partial charge in [0.25, 0.3) is 0 Å². The van der Waals surface area contributed by atoms with E-state index in [2.05, 4.69) is 240 Å². The largest absolute Gasteiger partial charge is 0.311 e. The summed E-state index contributed by atoms with van der Waals surface area (Å²) in [5, 5.41) is 0. The van der Waals surface area contributed by atoms with Gasteiger partial charge in [0.2, 0.25) is 0 Å². The third kappa shape index (κ3) is 6.76. The molecule has 274 valence electrons. The molecule has 0 spiro atoms. The molecule has 0 atom stereocenters. The van der Waals surface area contributed by atoms with Gasteiger partial charge in [-0.3, -0.25) is 4.57 Å². The zero-order valence-electron chi connectivity index (χ0n) is 31.9. The summed E-state index contributed by atoms with van der Waals surface area (Å²) in [6.45, 7) is 0. The summed E-state index contributed by atoms with van der Waals surface area (Å²) in [5.74, 6) is 0.926. The standard InChI is InChI=1S/C55H39N3/c1-5-15-40(16-6-1)42-27-33-49(34-28-42)57(50-35-29-43(30-36-50)41-17-7-2-8-18-41)51-37-31-44(32-38-51)46-21-13-22-47(39-46)52-25-14-26-53-54(52)56-55(45-19-9-3-10-20-45)58(53)48-23-11-4-12-24-48/h1-39H. The zero-order chi connectivity index (χ0) is 38.7. The summed E-state index contributed by atoms with van der Waals surface area (Å²) in [7, 11) is 0. The molecule has 3 nitrogen and oxygen atoms in total. The fourth-order valence-electron chi connectivity index (χ4n) is 7.94. The van der Waals surface area contributed by atoms with Gasteiger partial charge >= 0.3 is 0 Å². The van der Waals surface area contributed by atoms with Crippen molar-refractivity contribution in [3.05, 3.63) is 237 Å². The molecule has 0 radical (unpaired) electrons. The van der Waals surface area contributed by atoms with Crippen LogP contribution in [0, 0.1) is 0 Å². The first-order valence-electron chi connectivity index (χ1n) is 19.7. The van der Waals surface area contributed by atoms with Crippen molar-refractivity contribution in [2.75, 3.05) is 4.90 Å². The second-order valence-electron chi connectivity index (χ2n) is 14.4. The predicted octanol–water partition coefficient (Wildman–Crippen LogP) is 14.8. The number of aromatic nitrogens is 2. The molecule has 0 unspecified atom stereocenters. The van der Waals surface area contributed by atoms with Crippen LogP contribution in [0.2, 0.25) is 0 Å². The second kappa shape index (κ2) is 15.4. The lowest BCUT2D eigenvalue weighted by atomic mass is 9.98. The number of hydrogen-bond donors (Lipinski definition) is 0. The Morgan fingerprint density at radius 2 is 0.707 bits per heavy atom. The molecule has 1 heterocycles. The smallest absolute Gasteiger partial charge is 0.145 e. The highest BCUT2D eigenvalue weighted by Gasteiger charge is 2.18. The quantitative estimate of drug-likeness (QED) is 0.147. The highest BCUT2D eigenvalue weighted by molar-refractivity contribution is 5.96. The van der Waals surface area contributed by atoms with E-state index in [1.54, 1.807) is 0 Å². The molecular formula is C55H39N3. The van der Waals surface area contributed by atoms with Crippen LogP contribution in [0.5, 0.6) is 0 Å². The van der Waals surface area contributed by atoms with Crippen molar-refractivity contribution in [3.8, 4) is 61.6 Å². The van der Waals surface area contributed by atoms with E-state index >= 15 is 0 Å². The summed E-state index contributed by atoms with van der Waals surface area (Å²) >= 11 is 0. The Balaban J connectivity index is 1.01. The Morgan fingerprint density at radius 3 is 1.22 bits per heavy atom. The molecule has 0 fully saturated rings. The minimum atomic E-state index is 0.926. The van der Waals surface area contributed by atoms with E-state index in [4.69, 9.17) is 4.98 Å². The third-order valence-corrected chi connectivity index (χ3v) is 10.8. The molecule has 58 heavy (non-hydrogen) atoms. The van der Waals surface area contributed by atoms with Gasteiger partial charge in [-0.05, 0) is 99.6 Å². The maximum Gasteiger partial charge on any atom is 0.145 e. The molecule has 3 heteroatoms. The number of hydrogen-bond acceptors (Lipinski definition) is 2. The van der Waals surface area contributed by atoms with Crippen molar-refractivity contribution in [1.29, 1.82) is 0 Å². The van der Waals surface area contributed by atoms with Crippen LogP contribution in [0.15, 0.2) is 237 Å². The van der Waals surface area contributed by atoms with E-state index in [9.17, 15) is 0 Å². The molecular weight excluding hydrogens is 703 g/mol. The number of imidazole rings is 1. The number of benzene rings is 9. The lowest BCUT2D eigenvalue weighted by molar-refractivity contribution is 1.10. The molecule has 0 amide bonds. The van der Waals surface area contributed by atoms with Crippen molar-refractivity contribution in [2.24, 2.45) is 0 Å². The predicted molar refractivity (Wildman–Crippen MR) is 243 cm³/mol. The minimum Gasteiger partial charge on any atom is -0.311 e. The topological polar surface area (TPSA) is 21.1 Å². The van der Waals surface area contributed by atoms with Crippen LogP contribution >= 0.6 is 0 Å². The molecule has 10 rings (SSSR count). The number of anilines is 3. The van der Waals surface area contributed by atoms with Gasteiger partial charge in [0.1, 0.15) is 5.82 Å². The van der Waals surface area contributed by atoms with E-state index in [0.29, 0.717) is 0 Å². The molecule has 0 aliphatic carbocycles. The minimum absolute atomic E-state index is 0.926. The first-order valence-corrected chi connectivity index (χ1v) is 19.7. The van der Waals surface area contributed by atoms with Crippen LogP contribution in [-0.2, 0) is 0 Å². The van der Waals surface area contributed by atoms with Gasteiger partial charge < -0.3 is 4.90 Å². The zero-order valence-corrected chi connectivity index (χ0v) is 31.9. The van der Waals surface area contributed by atoms with Crippen LogP contribution in [0.4, 0.5) is 17.1 Å². The lowest BCUT2D eigenvalue weighted by Crippen LogP contribution is -2.09. The first-order chi connectivity index (χ1) is 28.8. The number of para-hydroxylation sites is 2. The highest BCUT2D eigenvalue weighted by Crippen LogP contribution is 2.39. The number of nitrogens with zero attached hydrogens (tertiary/aromatic N) is 3. The van der Waals surface area contributed by atoms with E-state index in [0.717, 1.165) is 67.4 Å². The van der Waals surface area contributed by atoms with E-state index in [-0.39, 0.29) is 0 Å². The van der Waals surface area contributed by atoms with E-state index < -0.39 is 0 Å². The fraction of sp³-hybridized carbons (Fsp3) is 0. The van der Waals surface area contributed by atoms with Gasteiger partial charge in [0.15, 0.2) is 0 Å². The fourth-order valence-corrected chi connectivity index (χ4v) is 7.94. The average molecular weight is 742 g/mol. The summed E-state index contributed by atoms with van der Waals surface area (Å²) < 4.78 is 2.27. The molecule has 0 aliphatic heterocycles. The molecule has 1 aromatic heterocycles. The van der Waals surface area contributed by atoms with E-state index in [1.807, 2.05) is 6.07 Å². The second-order valence-corrected chi connectivity index (χ2v) is 14.4. The Morgan fingerprint density at radius 1 is 0.310 bits per heavy atom. The van der Waals surface area contributed by atoms with Gasteiger partial charge in [-0.1, -0.05) is 176 Å². The van der Waals surface area contributed by atoms with Crippen molar-refractivity contribution in [3.63, 3.8) is 0 Å². The summed E-state index contributed by atoms with van der Waals surface area (Å²) in [6, 6.07) is 84.0. The maximum absolute atomic E-state index is 5.33. The van der Waals surface area contributed by atoms with Crippen molar-refractivity contribution < 1.29 is 0 Å². The Kier molecular flexibility index (Phi) is 9.23. The Hall–Kier alpha value is -7.75. The van der Waals surface area contributed by atoms with Crippen LogP contribution in [-0.4, -0.2) is 9.55 Å². The first kappa shape index (κ1) is 34.7. The number of rotatable bonds is 9. The Labute approximate surface area is 339 Å². The molecule has 9 aromatic carbocycles. The molecule has 0 aliphatic rings. The normalized spacial score (nSPS) is 11.1. The average Bonchev–Trinajstić information content (AvgIpc) is 3.71. The van der Waals surface area contributed by atoms with Crippen molar-refractivity contribution in [2.45, 2.75) is 0 Å². The van der Waals surface area contributed by atoms with Crippen LogP contribution in [0.25, 0.3) is 72.6 Å². The van der Waals surface area contributed by atoms with Gasteiger partial charge in [0.05, 0.1) is 11.0 Å². The molecule has 0 N–H and O–H groups in total. The van der Waals surface area contributed by atoms with Gasteiger partial charge in [-0.2, -0.15) is 0 Å². The maximum atomic E-state index is 5.33. The summed E-state index contributed by atoms with van der Waals surface area (Å²) in [6.07, 6.45) is 0. The van der Waals surface area contributed by atoms with Gasteiger partial charge in [0, 0.05) is 33.9 Å². The Bertz CT molecular complexity index is 2850. The number of fused-ring (bicyclic) bond motifs is 1. The van der Waals surface area contributed by atoms with Gasteiger partial charge in [-0.15, -0.1) is 0 Å². The van der Waals surface area contributed by atoms with Crippen LogP contribution in [0.3, 0.4) is 0 Å². The SMILES string of the molecule is c1ccc(-c2ccc(N(c3ccc(-c4ccccc4)cc3)c3ccc(-c4cccc(-c5cccc6c5nc(-c5ccccc5)n6-c5ccccc5)c4)cc3)cc2)cc1. The van der Waals surface area contributed by atoms with Crippen molar-refractivity contribution >= 4 is 28.1 Å². The highest BCUT2D eigenvalue weighted by atomic mass is 15.1. The summed E-state index contributed by atoms with van der Waals surface area (Å²) in [5.41, 5.74) is 16.8. The molecule has 0 saturated heterocycles. The lowest BCUT2D eigenvalue weighted by Gasteiger charge is -2.26. The molecule has 0 saturated carbocycles. The molecule has 0 bridgehead atoms. The van der Waals surface area contributed by atoms with Crippen molar-refractivity contribution in [1.82, 2.24) is 9.55 Å². The third-order valence-electron chi connectivity index (χ3n) is 10.8. The van der Waals surface area contributed by atoms with Gasteiger partial charge in [-0.25, -0.2) is 4.98 Å². The van der Waals surface area contributed by atoms with E-state index in [1.165, 1.54) is 22.3 Å². The van der Waals surface area contributed by atoms with Crippen LogP contribution in [0.1, 0.15) is 0 Å². The van der Waals surface area contributed by atoms with Crippen LogP contribution < -0.4 is 4.90 Å². The monoisotopic (exact) mass is 741 g/mol.